The summed E-state index contributed by atoms with van der Waals surface area (Å²) in [5.41, 5.74) is 3.64. The van der Waals surface area contributed by atoms with E-state index < -0.39 is 0 Å². The Bertz CT molecular complexity index is 408. The number of unbranched alkanes of at least 4 members (excludes halogenated alkanes) is 4. The number of esters is 1. The maximum Gasteiger partial charge on any atom is 0.306 e. The zero-order valence-corrected chi connectivity index (χ0v) is 16.1. The van der Waals surface area contributed by atoms with Crippen LogP contribution in [-0.4, -0.2) is 19.1 Å². The minimum Gasteiger partial charge on any atom is -0.460 e. The fourth-order valence-electron chi connectivity index (χ4n) is 2.18. The van der Waals surface area contributed by atoms with Crippen molar-refractivity contribution in [3.8, 4) is 0 Å². The molecule has 0 bridgehead atoms. The van der Waals surface area contributed by atoms with E-state index in [1.807, 2.05) is 0 Å². The molecule has 3 heteroatoms. The molecule has 25 heavy (non-hydrogen) atoms. The molecule has 0 heterocycles. The Morgan fingerprint density at radius 2 is 1.32 bits per heavy atom. The molecule has 0 aromatic carbocycles. The van der Waals surface area contributed by atoms with Gasteiger partial charge in [0, 0.05) is 6.42 Å². The van der Waals surface area contributed by atoms with Gasteiger partial charge in [0.25, 0.3) is 0 Å². The van der Waals surface area contributed by atoms with Gasteiger partial charge in [-0.15, -0.1) is 0 Å². The summed E-state index contributed by atoms with van der Waals surface area (Å²) in [6.07, 6.45) is 28.1. The number of ether oxygens (including phenoxy) is 1. The first-order valence-electron chi connectivity index (χ1n) is 9.86. The van der Waals surface area contributed by atoms with Crippen molar-refractivity contribution in [2.75, 3.05) is 13.2 Å². The molecule has 3 N–H and O–H groups in total. The van der Waals surface area contributed by atoms with Crippen LogP contribution in [0.2, 0.25) is 0 Å². The van der Waals surface area contributed by atoms with Gasteiger partial charge in [-0.25, -0.2) is 0 Å². The topological polar surface area (TPSA) is 53.9 Å². The Hall–Kier alpha value is -1.61. The van der Waals surface area contributed by atoms with E-state index in [2.05, 4.69) is 61.3 Å². The van der Waals surface area contributed by atoms with Crippen molar-refractivity contribution >= 4 is 5.97 Å². The zero-order chi connectivity index (χ0) is 18.4. The molecule has 0 fully saturated rings. The van der Waals surface area contributed by atoms with Crippen molar-refractivity contribution in [2.45, 2.75) is 71.1 Å². The van der Waals surface area contributed by atoms with E-state index in [0.717, 1.165) is 32.1 Å². The van der Waals surface area contributed by atoms with E-state index in [-0.39, 0.29) is 5.97 Å². The number of quaternary nitrogens is 1. The molecule has 0 spiro atoms. The predicted octanol–water partition coefficient (Wildman–Crippen LogP) is 4.92. The smallest absolute Gasteiger partial charge is 0.306 e. The number of hydrogen-bond donors (Lipinski definition) is 1. The van der Waals surface area contributed by atoms with Crippen LogP contribution in [0.4, 0.5) is 0 Å². The second-order valence-corrected chi connectivity index (χ2v) is 6.05. The van der Waals surface area contributed by atoms with E-state index in [1.165, 1.54) is 25.7 Å². The highest BCUT2D eigenvalue weighted by Gasteiger charge is 2.00. The second-order valence-electron chi connectivity index (χ2n) is 6.05. The van der Waals surface area contributed by atoms with Crippen molar-refractivity contribution in [1.82, 2.24) is 0 Å². The lowest BCUT2D eigenvalue weighted by atomic mass is 10.2. The molecule has 3 nitrogen and oxygen atoms in total. The number of carbonyl (C=O) groups is 1. The van der Waals surface area contributed by atoms with Crippen LogP contribution in [0.3, 0.4) is 0 Å². The maximum absolute atomic E-state index is 11.3. The quantitative estimate of drug-likeness (QED) is 0.245. The largest absolute Gasteiger partial charge is 0.460 e. The Balaban J connectivity index is 3.44. The van der Waals surface area contributed by atoms with Crippen molar-refractivity contribution in [2.24, 2.45) is 0 Å². The Labute approximate surface area is 154 Å². The van der Waals surface area contributed by atoms with Gasteiger partial charge in [-0.1, -0.05) is 68.4 Å². The van der Waals surface area contributed by atoms with Gasteiger partial charge < -0.3 is 10.5 Å². The van der Waals surface area contributed by atoms with Crippen molar-refractivity contribution < 1.29 is 15.3 Å². The van der Waals surface area contributed by atoms with Crippen LogP contribution in [-0.2, 0) is 9.53 Å². The number of hydrogen-bond acceptors (Lipinski definition) is 2. The lowest BCUT2D eigenvalue weighted by Gasteiger charge is -1.99. The molecule has 0 saturated heterocycles. The Morgan fingerprint density at radius 3 is 1.84 bits per heavy atom. The summed E-state index contributed by atoms with van der Waals surface area (Å²) in [6.45, 7) is 3.31. The van der Waals surface area contributed by atoms with Gasteiger partial charge in [-0.2, -0.15) is 0 Å². The number of carbonyl (C=O) groups excluding carboxylic acids is 1. The summed E-state index contributed by atoms with van der Waals surface area (Å²) in [7, 11) is 0. The monoisotopic (exact) mass is 348 g/mol. The molecular weight excluding hydrogens is 310 g/mol. The summed E-state index contributed by atoms with van der Waals surface area (Å²) < 4.78 is 4.97. The summed E-state index contributed by atoms with van der Waals surface area (Å²) >= 11 is 0. The van der Waals surface area contributed by atoms with Gasteiger partial charge in [0.2, 0.25) is 0 Å². The van der Waals surface area contributed by atoms with Gasteiger partial charge in [-0.3, -0.25) is 4.79 Å². The van der Waals surface area contributed by atoms with Gasteiger partial charge in [-0.05, 0) is 44.9 Å². The third-order valence-electron chi connectivity index (χ3n) is 3.62. The zero-order valence-electron chi connectivity index (χ0n) is 16.1. The minimum absolute atomic E-state index is 0.112. The first-order valence-corrected chi connectivity index (χ1v) is 9.86. The summed E-state index contributed by atoms with van der Waals surface area (Å²) in [5.74, 6) is -0.112. The molecule has 0 atom stereocenters. The third-order valence-corrected chi connectivity index (χ3v) is 3.62. The summed E-state index contributed by atoms with van der Waals surface area (Å²) in [6, 6.07) is 0. The second kappa shape index (κ2) is 20.4. The lowest BCUT2D eigenvalue weighted by Crippen LogP contribution is -2.52. The van der Waals surface area contributed by atoms with Gasteiger partial charge in [0.1, 0.15) is 13.2 Å². The Kier molecular flexibility index (Phi) is 19.1. The molecule has 0 aliphatic rings. The highest BCUT2D eigenvalue weighted by atomic mass is 16.5. The van der Waals surface area contributed by atoms with Crippen LogP contribution in [0.5, 0.6) is 0 Å². The molecule has 0 aromatic rings. The van der Waals surface area contributed by atoms with Crippen LogP contribution in [0.1, 0.15) is 71.1 Å². The molecule has 0 saturated carbocycles. The van der Waals surface area contributed by atoms with Crippen molar-refractivity contribution in [3.63, 3.8) is 0 Å². The SMILES string of the molecule is CCCCC/C=C\C/C=C\C/C=C\C/C=C\CCCC(=O)OCC[NH3+]. The van der Waals surface area contributed by atoms with Crippen LogP contribution in [0.25, 0.3) is 0 Å². The van der Waals surface area contributed by atoms with E-state index in [0.29, 0.717) is 19.6 Å². The maximum atomic E-state index is 11.3. The molecule has 0 amide bonds. The van der Waals surface area contributed by atoms with Crippen LogP contribution < -0.4 is 5.73 Å². The molecule has 0 aromatic heterocycles. The normalized spacial score (nSPS) is 12.2. The average molecular weight is 349 g/mol. The van der Waals surface area contributed by atoms with Gasteiger partial charge in [0.05, 0.1) is 0 Å². The van der Waals surface area contributed by atoms with E-state index in [4.69, 9.17) is 4.74 Å². The molecule has 142 valence electrons. The molecular formula is C22H38NO2+. The van der Waals surface area contributed by atoms with Gasteiger partial charge in [0.15, 0.2) is 0 Å². The fraction of sp³-hybridized carbons (Fsp3) is 0.591. The predicted molar refractivity (Wildman–Crippen MR) is 107 cm³/mol. The van der Waals surface area contributed by atoms with Gasteiger partial charge >= 0.3 is 5.97 Å². The van der Waals surface area contributed by atoms with Crippen LogP contribution in [0.15, 0.2) is 48.6 Å². The lowest BCUT2D eigenvalue weighted by molar-refractivity contribution is -0.372. The summed E-state index contributed by atoms with van der Waals surface area (Å²) in [4.78, 5) is 11.3. The number of allylic oxidation sites excluding steroid dienone is 8. The first-order chi connectivity index (χ1) is 12.3. The average Bonchev–Trinajstić information content (AvgIpc) is 2.62. The van der Waals surface area contributed by atoms with E-state index in [9.17, 15) is 4.79 Å². The molecule has 0 unspecified atom stereocenters. The minimum atomic E-state index is -0.112. The molecule has 0 aliphatic carbocycles. The van der Waals surface area contributed by atoms with E-state index in [1.54, 1.807) is 0 Å². The molecule has 0 aliphatic heterocycles. The summed E-state index contributed by atoms with van der Waals surface area (Å²) in [5, 5.41) is 0. The van der Waals surface area contributed by atoms with Crippen molar-refractivity contribution in [3.05, 3.63) is 48.6 Å². The van der Waals surface area contributed by atoms with Crippen molar-refractivity contribution in [1.29, 1.82) is 0 Å². The highest BCUT2D eigenvalue weighted by molar-refractivity contribution is 5.69. The highest BCUT2D eigenvalue weighted by Crippen LogP contribution is 2.02. The van der Waals surface area contributed by atoms with E-state index >= 15 is 0 Å². The molecule has 0 rings (SSSR count). The first kappa shape index (κ1) is 23.4. The fourth-order valence-corrected chi connectivity index (χ4v) is 2.18. The third kappa shape index (κ3) is 20.3. The van der Waals surface area contributed by atoms with Crippen LogP contribution in [0, 0.1) is 0 Å². The standard InChI is InChI=1S/C22H37NO2/c1-2-3-4-5-6-7-8-9-10-11-12-13-14-15-16-17-18-19-22(24)25-21-20-23/h6-7,9-10,12-13,15-16H,2-5,8,11,14,17-21,23H2,1H3/p+1/b7-6-,10-9-,13-12-,16-15-. The molecule has 0 radical (unpaired) electrons. The Morgan fingerprint density at radius 1 is 0.800 bits per heavy atom. The number of rotatable bonds is 16. The van der Waals surface area contributed by atoms with Crippen LogP contribution >= 0.6 is 0 Å².